The Bertz CT molecular complexity index is 867. The van der Waals surface area contributed by atoms with Crippen molar-refractivity contribution in [3.05, 3.63) is 54.1 Å². The van der Waals surface area contributed by atoms with Crippen molar-refractivity contribution in [2.45, 2.75) is 20.3 Å². The summed E-state index contributed by atoms with van der Waals surface area (Å²) in [6.45, 7) is 5.08. The third kappa shape index (κ3) is 8.95. The lowest BCUT2D eigenvalue weighted by molar-refractivity contribution is -0.123. The highest BCUT2D eigenvalue weighted by molar-refractivity contribution is 5.94. The first-order chi connectivity index (χ1) is 15.5. The normalized spacial score (nSPS) is 10.1. The van der Waals surface area contributed by atoms with E-state index in [1.807, 2.05) is 6.92 Å². The third-order valence-electron chi connectivity index (χ3n) is 4.05. The lowest BCUT2D eigenvalue weighted by Gasteiger charge is -2.09. The molecule has 0 saturated carbocycles. The first kappa shape index (κ1) is 24.5. The summed E-state index contributed by atoms with van der Waals surface area (Å²) in [5.74, 6) is 1.09. The van der Waals surface area contributed by atoms with Gasteiger partial charge < -0.3 is 29.6 Å². The van der Waals surface area contributed by atoms with Gasteiger partial charge in [0.2, 0.25) is 0 Å². The van der Waals surface area contributed by atoms with E-state index in [0.29, 0.717) is 37.4 Å². The summed E-state index contributed by atoms with van der Waals surface area (Å²) in [4.78, 5) is 35.3. The van der Waals surface area contributed by atoms with E-state index in [0.717, 1.165) is 5.75 Å². The van der Waals surface area contributed by atoms with Crippen molar-refractivity contribution in [2.75, 3.05) is 32.9 Å². The van der Waals surface area contributed by atoms with Crippen LogP contribution in [0.1, 0.15) is 30.6 Å². The van der Waals surface area contributed by atoms with E-state index in [1.54, 1.807) is 43.3 Å². The molecule has 0 heterocycles. The Morgan fingerprint density at radius 1 is 0.750 bits per heavy atom. The van der Waals surface area contributed by atoms with Crippen LogP contribution in [0, 0.1) is 0 Å². The van der Waals surface area contributed by atoms with Crippen LogP contribution in [0.25, 0.3) is 0 Å². The van der Waals surface area contributed by atoms with Gasteiger partial charge in [0.1, 0.15) is 17.2 Å². The predicted molar refractivity (Wildman–Crippen MR) is 117 cm³/mol. The van der Waals surface area contributed by atoms with Gasteiger partial charge in [-0.3, -0.25) is 9.59 Å². The first-order valence-corrected chi connectivity index (χ1v) is 10.4. The molecule has 2 aromatic rings. The van der Waals surface area contributed by atoms with E-state index in [9.17, 15) is 14.4 Å². The molecule has 0 radical (unpaired) electrons. The second-order valence-electron chi connectivity index (χ2n) is 6.46. The SMILES string of the molecule is CCOC(=O)Oc1ccc(C(=O)NCCCNC(=O)COc2ccc(OCC)cc2)cc1. The van der Waals surface area contributed by atoms with Gasteiger partial charge >= 0.3 is 6.16 Å². The molecule has 0 fully saturated rings. The Labute approximate surface area is 187 Å². The molecule has 2 rings (SSSR count). The fraction of sp³-hybridized carbons (Fsp3) is 0.348. The molecule has 0 spiro atoms. The number of benzene rings is 2. The van der Waals surface area contributed by atoms with E-state index in [2.05, 4.69) is 15.4 Å². The molecular formula is C23H28N2O7. The maximum absolute atomic E-state index is 12.1. The second kappa shape index (κ2) is 13.5. The van der Waals surface area contributed by atoms with Crippen LogP contribution >= 0.6 is 0 Å². The molecule has 0 aliphatic heterocycles. The Morgan fingerprint density at radius 3 is 1.97 bits per heavy atom. The molecule has 0 aliphatic carbocycles. The number of hydrogen-bond donors (Lipinski definition) is 2. The Kier molecular flexibility index (Phi) is 10.4. The molecule has 9 heteroatoms. The topological polar surface area (TPSA) is 112 Å². The largest absolute Gasteiger partial charge is 0.513 e. The summed E-state index contributed by atoms with van der Waals surface area (Å²) in [6, 6.07) is 13.1. The zero-order valence-electron chi connectivity index (χ0n) is 18.2. The van der Waals surface area contributed by atoms with Crippen molar-refractivity contribution in [1.82, 2.24) is 10.6 Å². The van der Waals surface area contributed by atoms with Crippen LogP contribution in [-0.2, 0) is 9.53 Å². The van der Waals surface area contributed by atoms with E-state index in [4.69, 9.17) is 14.2 Å². The van der Waals surface area contributed by atoms with Crippen LogP contribution < -0.4 is 24.8 Å². The smallest absolute Gasteiger partial charge is 0.494 e. The van der Waals surface area contributed by atoms with Crippen molar-refractivity contribution >= 4 is 18.0 Å². The number of ether oxygens (including phenoxy) is 4. The minimum Gasteiger partial charge on any atom is -0.494 e. The van der Waals surface area contributed by atoms with Crippen LogP contribution in [0.5, 0.6) is 17.2 Å². The summed E-state index contributed by atoms with van der Waals surface area (Å²) in [6.07, 6.45) is -0.235. The minimum atomic E-state index is -0.795. The van der Waals surface area contributed by atoms with Gasteiger partial charge in [0, 0.05) is 18.7 Å². The Morgan fingerprint density at radius 2 is 1.34 bits per heavy atom. The fourth-order valence-corrected chi connectivity index (χ4v) is 2.54. The molecule has 2 aromatic carbocycles. The van der Waals surface area contributed by atoms with E-state index in [-0.39, 0.29) is 30.8 Å². The Hall–Kier alpha value is -3.75. The van der Waals surface area contributed by atoms with Gasteiger partial charge in [-0.1, -0.05) is 0 Å². The molecule has 32 heavy (non-hydrogen) atoms. The second-order valence-corrected chi connectivity index (χ2v) is 6.46. The minimum absolute atomic E-state index is 0.0967. The molecule has 0 bridgehead atoms. The molecule has 0 saturated heterocycles. The predicted octanol–water partition coefficient (Wildman–Crippen LogP) is 2.94. The number of hydrogen-bond acceptors (Lipinski definition) is 7. The third-order valence-corrected chi connectivity index (χ3v) is 4.05. The van der Waals surface area contributed by atoms with E-state index < -0.39 is 6.16 Å². The van der Waals surface area contributed by atoms with Crippen LogP contribution in [0.15, 0.2) is 48.5 Å². The van der Waals surface area contributed by atoms with E-state index in [1.165, 1.54) is 12.1 Å². The van der Waals surface area contributed by atoms with E-state index >= 15 is 0 Å². The lowest BCUT2D eigenvalue weighted by Crippen LogP contribution is -2.32. The van der Waals surface area contributed by atoms with Gasteiger partial charge in [0.05, 0.1) is 13.2 Å². The Balaban J connectivity index is 1.60. The van der Waals surface area contributed by atoms with Gasteiger partial charge in [0.15, 0.2) is 6.61 Å². The highest BCUT2D eigenvalue weighted by Crippen LogP contribution is 2.17. The number of nitrogens with one attached hydrogen (secondary N) is 2. The van der Waals surface area contributed by atoms with Gasteiger partial charge in [0.25, 0.3) is 11.8 Å². The monoisotopic (exact) mass is 444 g/mol. The number of rotatable bonds is 12. The lowest BCUT2D eigenvalue weighted by atomic mass is 10.2. The highest BCUT2D eigenvalue weighted by atomic mass is 16.7. The molecule has 0 aromatic heterocycles. The van der Waals surface area contributed by atoms with Crippen molar-refractivity contribution in [2.24, 2.45) is 0 Å². The van der Waals surface area contributed by atoms with Gasteiger partial charge in [-0.25, -0.2) is 4.79 Å². The summed E-state index contributed by atoms with van der Waals surface area (Å²) in [5.41, 5.74) is 0.425. The maximum atomic E-state index is 12.1. The summed E-state index contributed by atoms with van der Waals surface area (Å²) >= 11 is 0. The summed E-state index contributed by atoms with van der Waals surface area (Å²) in [7, 11) is 0. The average molecular weight is 444 g/mol. The van der Waals surface area contributed by atoms with Crippen LogP contribution in [-0.4, -0.2) is 50.9 Å². The molecule has 0 aliphatic rings. The highest BCUT2D eigenvalue weighted by Gasteiger charge is 2.08. The maximum Gasteiger partial charge on any atom is 0.513 e. The molecule has 9 nitrogen and oxygen atoms in total. The molecule has 0 atom stereocenters. The molecule has 2 amide bonds. The number of carbonyl (C=O) groups excluding carboxylic acids is 3. The first-order valence-electron chi connectivity index (χ1n) is 10.4. The van der Waals surface area contributed by atoms with Crippen LogP contribution in [0.2, 0.25) is 0 Å². The quantitative estimate of drug-likeness (QED) is 0.294. The van der Waals surface area contributed by atoms with Crippen molar-refractivity contribution < 1.29 is 33.3 Å². The number of carbonyl (C=O) groups is 3. The van der Waals surface area contributed by atoms with Crippen molar-refractivity contribution in [1.29, 1.82) is 0 Å². The molecule has 2 N–H and O–H groups in total. The fourth-order valence-electron chi connectivity index (χ4n) is 2.54. The average Bonchev–Trinajstić information content (AvgIpc) is 2.79. The molecular weight excluding hydrogens is 416 g/mol. The van der Waals surface area contributed by atoms with Gasteiger partial charge in [-0.2, -0.15) is 0 Å². The molecule has 0 unspecified atom stereocenters. The zero-order valence-corrected chi connectivity index (χ0v) is 18.2. The van der Waals surface area contributed by atoms with Crippen molar-refractivity contribution in [3.8, 4) is 17.2 Å². The summed E-state index contributed by atoms with van der Waals surface area (Å²) < 4.78 is 20.4. The zero-order chi connectivity index (χ0) is 23.2. The van der Waals surface area contributed by atoms with Gasteiger partial charge in [-0.15, -0.1) is 0 Å². The van der Waals surface area contributed by atoms with Crippen molar-refractivity contribution in [3.63, 3.8) is 0 Å². The standard InChI is InChI=1S/C23H28N2O7/c1-3-29-18-10-12-19(13-11-18)31-16-21(26)24-14-5-15-25-22(27)17-6-8-20(9-7-17)32-23(28)30-4-2/h6-13H,3-5,14-16H2,1-2H3,(H,24,26)(H,25,27). The van der Waals surface area contributed by atoms with Gasteiger partial charge in [-0.05, 0) is 68.8 Å². The van der Waals surface area contributed by atoms with Crippen LogP contribution in [0.4, 0.5) is 4.79 Å². The van der Waals surface area contributed by atoms with Crippen LogP contribution in [0.3, 0.4) is 0 Å². The summed E-state index contributed by atoms with van der Waals surface area (Å²) in [5, 5.41) is 5.49. The number of amides is 2. The molecule has 172 valence electrons.